The van der Waals surface area contributed by atoms with Crippen molar-refractivity contribution in [2.45, 2.75) is 298 Å². The van der Waals surface area contributed by atoms with Crippen molar-refractivity contribution < 1.29 is 34.1 Å². The van der Waals surface area contributed by atoms with Crippen LogP contribution < -0.4 is 0 Å². The molecule has 2 fully saturated rings. The molecule has 6 unspecified atom stereocenters. The van der Waals surface area contributed by atoms with Crippen LogP contribution in [0.3, 0.4) is 0 Å². The van der Waals surface area contributed by atoms with E-state index in [9.17, 15) is 24.6 Å². The third-order valence-electron chi connectivity index (χ3n) is 17.1. The summed E-state index contributed by atoms with van der Waals surface area (Å²) < 4.78 is 11.6. The topological polar surface area (TPSA) is 117 Å². The van der Waals surface area contributed by atoms with E-state index in [1.54, 1.807) is 0 Å². The number of nitrogens with zero attached hydrogens (tertiary/aromatic N) is 2. The lowest BCUT2D eigenvalue weighted by Crippen LogP contribution is -2.37. The van der Waals surface area contributed by atoms with Gasteiger partial charge in [0.05, 0.1) is 11.8 Å². The predicted octanol–water partition coefficient (Wildman–Crippen LogP) is 17.7. The predicted molar refractivity (Wildman–Crippen MR) is 298 cm³/mol. The normalized spacial score (nSPS) is 18.7. The van der Waals surface area contributed by atoms with Gasteiger partial charge in [-0.15, -0.1) is 0 Å². The summed E-state index contributed by atoms with van der Waals surface area (Å²) in [6.07, 6.45) is 46.2. The highest BCUT2D eigenvalue weighted by atomic mass is 16.7. The third kappa shape index (κ3) is 35.9. The zero-order valence-electron chi connectivity index (χ0n) is 47.6. The van der Waals surface area contributed by atoms with Crippen LogP contribution in [0.25, 0.3) is 0 Å². The summed E-state index contributed by atoms with van der Waals surface area (Å²) in [7, 11) is 0. The Balaban J connectivity index is 1.65. The summed E-state index contributed by atoms with van der Waals surface area (Å²) in [5.74, 6) is 2.16. The van der Waals surface area contributed by atoms with E-state index in [0.717, 1.165) is 172 Å². The number of carbonyl (C=O) groups excluding carboxylic acids is 1. The van der Waals surface area contributed by atoms with Gasteiger partial charge in [-0.1, -0.05) is 227 Å². The molecule has 0 amide bonds. The van der Waals surface area contributed by atoms with Gasteiger partial charge in [-0.25, -0.2) is 4.79 Å². The van der Waals surface area contributed by atoms with Crippen LogP contribution in [-0.4, -0.2) is 90.1 Å². The summed E-state index contributed by atoms with van der Waals surface area (Å²) in [6, 6.07) is 0. The minimum absolute atomic E-state index is 0.205. The zero-order chi connectivity index (χ0) is 51.6. The molecule has 2 rings (SSSR count). The molecule has 0 radical (unpaired) electrons. The fourth-order valence-electron chi connectivity index (χ4n) is 11.7. The van der Waals surface area contributed by atoms with E-state index < -0.39 is 18.1 Å². The molecule has 0 aromatic heterocycles. The van der Waals surface area contributed by atoms with Crippen molar-refractivity contribution in [2.24, 2.45) is 35.5 Å². The Morgan fingerprint density at radius 3 is 1.06 bits per heavy atom. The SMILES string of the molecule is CCCCCCCCC1CC1CCCCCCC(CCCCCCC(CCCCCCC(CCCCCCC1CC1CCCCCCCC)C(=O)O)OC(=O)OCCN(CC)CCN(CC)CC)C(=O)O. The van der Waals surface area contributed by atoms with E-state index in [4.69, 9.17) is 9.47 Å². The van der Waals surface area contributed by atoms with Gasteiger partial charge in [0.2, 0.25) is 0 Å². The number of likely N-dealkylation sites (N-methyl/N-ethyl adjacent to an activating group) is 2. The summed E-state index contributed by atoms with van der Waals surface area (Å²) in [6.45, 7) is 17.0. The minimum atomic E-state index is -0.641. The zero-order valence-corrected chi connectivity index (χ0v) is 47.6. The highest BCUT2D eigenvalue weighted by Crippen LogP contribution is 2.46. The van der Waals surface area contributed by atoms with E-state index in [2.05, 4.69) is 44.4 Å². The summed E-state index contributed by atoms with van der Waals surface area (Å²) in [5.41, 5.74) is 0. The van der Waals surface area contributed by atoms with Crippen LogP contribution in [-0.2, 0) is 19.1 Å². The molecular formula is C62H118N2O7. The van der Waals surface area contributed by atoms with Crippen molar-refractivity contribution in [2.75, 3.05) is 45.9 Å². The van der Waals surface area contributed by atoms with Gasteiger partial charge in [0.1, 0.15) is 12.7 Å². The highest BCUT2D eigenvalue weighted by Gasteiger charge is 2.36. The number of carboxylic acids is 2. The first-order chi connectivity index (χ1) is 34.6. The van der Waals surface area contributed by atoms with Gasteiger partial charge in [0.15, 0.2) is 0 Å². The molecule has 0 bridgehead atoms. The molecule has 71 heavy (non-hydrogen) atoms. The van der Waals surface area contributed by atoms with Gasteiger partial charge in [0.25, 0.3) is 0 Å². The Kier molecular flexibility index (Phi) is 40.8. The Morgan fingerprint density at radius 2 is 0.718 bits per heavy atom. The quantitative estimate of drug-likeness (QED) is 0.0454. The number of carbonyl (C=O) groups is 3. The van der Waals surface area contributed by atoms with Crippen molar-refractivity contribution >= 4 is 18.1 Å². The second-order valence-electron chi connectivity index (χ2n) is 23.0. The number of aliphatic carboxylic acids is 2. The number of hydrogen-bond donors (Lipinski definition) is 2. The maximum Gasteiger partial charge on any atom is 0.508 e. The molecule has 0 spiro atoms. The minimum Gasteiger partial charge on any atom is -0.481 e. The average Bonchev–Trinajstić information content (AvgIpc) is 4.30. The lowest BCUT2D eigenvalue weighted by molar-refractivity contribution is -0.143. The van der Waals surface area contributed by atoms with Gasteiger partial charge in [0, 0.05) is 19.6 Å². The Morgan fingerprint density at radius 1 is 0.408 bits per heavy atom. The van der Waals surface area contributed by atoms with Gasteiger partial charge < -0.3 is 24.6 Å². The molecule has 0 heterocycles. The number of rotatable bonds is 54. The van der Waals surface area contributed by atoms with Gasteiger partial charge >= 0.3 is 18.1 Å². The Bertz CT molecular complexity index is 1190. The fraction of sp³-hybridized carbons (Fsp3) is 0.952. The van der Waals surface area contributed by atoms with Crippen LogP contribution in [0, 0.1) is 35.5 Å². The molecule has 2 N–H and O–H groups in total. The lowest BCUT2D eigenvalue weighted by Gasteiger charge is -2.25. The largest absolute Gasteiger partial charge is 0.508 e. The maximum absolute atomic E-state index is 13.0. The van der Waals surface area contributed by atoms with E-state index >= 15 is 0 Å². The molecule has 418 valence electrons. The van der Waals surface area contributed by atoms with E-state index in [1.165, 1.54) is 141 Å². The first kappa shape index (κ1) is 65.2. The van der Waals surface area contributed by atoms with Crippen LogP contribution in [0.1, 0.15) is 291 Å². The number of ether oxygens (including phenoxy) is 2. The van der Waals surface area contributed by atoms with Crippen molar-refractivity contribution in [3.63, 3.8) is 0 Å². The smallest absolute Gasteiger partial charge is 0.481 e. The van der Waals surface area contributed by atoms with Gasteiger partial charge in [-0.3, -0.25) is 14.5 Å². The van der Waals surface area contributed by atoms with Crippen LogP contribution >= 0.6 is 0 Å². The Labute approximate surface area is 439 Å². The molecule has 0 aliphatic heterocycles. The van der Waals surface area contributed by atoms with Crippen LogP contribution in [0.15, 0.2) is 0 Å². The molecule has 6 atom stereocenters. The van der Waals surface area contributed by atoms with Crippen LogP contribution in [0.5, 0.6) is 0 Å². The maximum atomic E-state index is 13.0. The molecule has 0 aromatic carbocycles. The molecule has 2 aliphatic rings. The van der Waals surface area contributed by atoms with Gasteiger partial charge in [-0.05, 0) is 108 Å². The highest BCUT2D eigenvalue weighted by molar-refractivity contribution is 5.70. The molecule has 2 saturated carbocycles. The van der Waals surface area contributed by atoms with Crippen LogP contribution in [0.2, 0.25) is 0 Å². The number of carboxylic acid groups (broad SMARTS) is 2. The van der Waals surface area contributed by atoms with E-state index in [0.29, 0.717) is 13.2 Å². The van der Waals surface area contributed by atoms with Crippen molar-refractivity contribution in [1.29, 1.82) is 0 Å². The van der Waals surface area contributed by atoms with Gasteiger partial charge in [-0.2, -0.15) is 0 Å². The van der Waals surface area contributed by atoms with Crippen LogP contribution in [0.4, 0.5) is 4.79 Å². The second-order valence-corrected chi connectivity index (χ2v) is 23.0. The third-order valence-corrected chi connectivity index (χ3v) is 17.1. The number of unbranched alkanes of at least 4 members (excludes halogenated alkanes) is 22. The van der Waals surface area contributed by atoms with Crippen molar-refractivity contribution in [1.82, 2.24) is 9.80 Å². The first-order valence-electron chi connectivity index (χ1n) is 31.4. The molecule has 0 aromatic rings. The summed E-state index contributed by atoms with van der Waals surface area (Å²) >= 11 is 0. The first-order valence-corrected chi connectivity index (χ1v) is 31.4. The number of hydrogen-bond acceptors (Lipinski definition) is 7. The van der Waals surface area contributed by atoms with E-state index in [-0.39, 0.29) is 17.9 Å². The summed E-state index contributed by atoms with van der Waals surface area (Å²) in [5, 5.41) is 19.9. The van der Waals surface area contributed by atoms with Crippen molar-refractivity contribution in [3.8, 4) is 0 Å². The summed E-state index contributed by atoms with van der Waals surface area (Å²) in [4.78, 5) is 41.9. The average molecular weight is 1000 g/mol. The monoisotopic (exact) mass is 1000 g/mol. The lowest BCUT2D eigenvalue weighted by atomic mass is 9.93. The molecule has 9 nitrogen and oxygen atoms in total. The van der Waals surface area contributed by atoms with Crippen molar-refractivity contribution in [3.05, 3.63) is 0 Å². The standard InChI is InChI=1S/C62H118N2O7/c1-6-11-13-15-17-31-41-55-51-57(55)43-33-21-19-27-37-53(60(65)66)39-29-23-25-35-45-59(71-62(69)70-50-49-64(10-5)48-47-63(8-3)9-4)46-36-26-24-30-40-54(61(67)68)38-28-20-22-34-44-58-52-56(58)42-32-18-16-14-12-7-2/h53-59H,6-52H2,1-5H3,(H,65,66)(H,67,68). The molecule has 2 aliphatic carbocycles. The fourth-order valence-corrected chi connectivity index (χ4v) is 11.7. The molecular weight excluding hydrogens is 885 g/mol. The molecule has 0 saturated heterocycles. The second kappa shape index (κ2) is 44.4. The molecule has 9 heteroatoms. The Hall–Kier alpha value is -1.87. The van der Waals surface area contributed by atoms with E-state index in [1.807, 2.05) is 0 Å².